The lowest BCUT2D eigenvalue weighted by molar-refractivity contribution is 0.0623. The second kappa shape index (κ2) is 8.52. The molecule has 0 atom stereocenters. The van der Waals surface area contributed by atoms with Crippen molar-refractivity contribution in [3.63, 3.8) is 0 Å². The fourth-order valence-electron chi connectivity index (χ4n) is 3.11. The molecule has 2 aromatic rings. The van der Waals surface area contributed by atoms with E-state index in [1.54, 1.807) is 18.2 Å². The van der Waals surface area contributed by atoms with Crippen molar-refractivity contribution in [3.05, 3.63) is 64.4 Å². The third-order valence-electron chi connectivity index (χ3n) is 4.52. The number of piperazine rings is 1. The van der Waals surface area contributed by atoms with Crippen LogP contribution in [-0.4, -0.2) is 48.5 Å². The summed E-state index contributed by atoms with van der Waals surface area (Å²) in [5.74, 6) is 0.292. The lowest BCUT2D eigenvalue weighted by Gasteiger charge is -2.35. The number of carbonyl (C=O) groups excluding carboxylic acids is 1. The average molecular weight is 377 g/mol. The maximum atomic E-state index is 14.0. The first-order valence-electron chi connectivity index (χ1n) is 8.76. The van der Waals surface area contributed by atoms with Crippen LogP contribution in [0.3, 0.4) is 0 Å². The van der Waals surface area contributed by atoms with Crippen molar-refractivity contribution in [3.8, 4) is 5.75 Å². The van der Waals surface area contributed by atoms with Gasteiger partial charge in [-0.05, 0) is 31.2 Å². The van der Waals surface area contributed by atoms with Crippen LogP contribution in [0.15, 0.2) is 42.5 Å². The molecule has 1 aliphatic heterocycles. The predicted molar refractivity (Wildman–Crippen MR) is 100 cm³/mol. The molecular formula is C20H22ClFN2O2. The Bertz CT molecular complexity index is 756. The molecule has 6 heteroatoms. The van der Waals surface area contributed by atoms with Gasteiger partial charge in [0.15, 0.2) is 0 Å². The van der Waals surface area contributed by atoms with Gasteiger partial charge < -0.3 is 9.64 Å². The molecule has 1 saturated heterocycles. The number of hydrogen-bond acceptors (Lipinski definition) is 3. The topological polar surface area (TPSA) is 32.8 Å². The van der Waals surface area contributed by atoms with E-state index < -0.39 is 0 Å². The predicted octanol–water partition coefficient (Wildman–Crippen LogP) is 3.84. The summed E-state index contributed by atoms with van der Waals surface area (Å²) in [4.78, 5) is 16.7. The molecule has 0 unspecified atom stereocenters. The van der Waals surface area contributed by atoms with Crippen molar-refractivity contribution in [1.29, 1.82) is 0 Å². The van der Waals surface area contributed by atoms with E-state index in [9.17, 15) is 9.18 Å². The molecule has 0 radical (unpaired) electrons. The summed E-state index contributed by atoms with van der Waals surface area (Å²) in [6.07, 6.45) is 0. The smallest absolute Gasteiger partial charge is 0.257 e. The van der Waals surface area contributed by atoms with Crippen molar-refractivity contribution in [2.24, 2.45) is 0 Å². The highest BCUT2D eigenvalue weighted by molar-refractivity contribution is 6.31. The minimum Gasteiger partial charge on any atom is -0.493 e. The maximum absolute atomic E-state index is 14.0. The normalized spacial score (nSPS) is 15.1. The Morgan fingerprint density at radius 1 is 1.12 bits per heavy atom. The Kier molecular flexibility index (Phi) is 6.12. The highest BCUT2D eigenvalue weighted by Gasteiger charge is 2.25. The van der Waals surface area contributed by atoms with Gasteiger partial charge in [0, 0.05) is 43.3 Å². The average Bonchev–Trinajstić information content (AvgIpc) is 2.66. The zero-order valence-electron chi connectivity index (χ0n) is 14.8. The molecule has 26 heavy (non-hydrogen) atoms. The van der Waals surface area contributed by atoms with Gasteiger partial charge in [0.1, 0.15) is 11.6 Å². The third kappa shape index (κ3) is 4.17. The number of para-hydroxylation sites is 1. The first-order chi connectivity index (χ1) is 12.6. The second-order valence-electron chi connectivity index (χ2n) is 6.20. The number of rotatable bonds is 5. The number of hydrogen-bond donors (Lipinski definition) is 0. The summed E-state index contributed by atoms with van der Waals surface area (Å²) in [5.41, 5.74) is 1.09. The van der Waals surface area contributed by atoms with Gasteiger partial charge in [-0.15, -0.1) is 0 Å². The molecule has 0 N–H and O–H groups in total. The van der Waals surface area contributed by atoms with E-state index in [-0.39, 0.29) is 11.7 Å². The van der Waals surface area contributed by atoms with Crippen molar-refractivity contribution in [1.82, 2.24) is 9.80 Å². The number of carbonyl (C=O) groups is 1. The molecule has 3 rings (SSSR count). The monoisotopic (exact) mass is 376 g/mol. The number of amides is 1. The molecule has 0 aliphatic carbocycles. The third-order valence-corrected chi connectivity index (χ3v) is 4.87. The second-order valence-corrected chi connectivity index (χ2v) is 6.60. The summed E-state index contributed by atoms with van der Waals surface area (Å²) < 4.78 is 19.5. The highest BCUT2D eigenvalue weighted by atomic mass is 35.5. The Labute approximate surface area is 158 Å². The van der Waals surface area contributed by atoms with Gasteiger partial charge in [0.2, 0.25) is 0 Å². The first kappa shape index (κ1) is 18.7. The lowest BCUT2D eigenvalue weighted by atomic mass is 10.1. The first-order valence-corrected chi connectivity index (χ1v) is 9.14. The van der Waals surface area contributed by atoms with Gasteiger partial charge >= 0.3 is 0 Å². The fourth-order valence-corrected chi connectivity index (χ4v) is 3.33. The summed E-state index contributed by atoms with van der Waals surface area (Å²) >= 11 is 6.11. The SMILES string of the molecule is CCOc1ccccc1C(=O)N1CCN(Cc2c(F)cccc2Cl)CC1. The van der Waals surface area contributed by atoms with E-state index in [4.69, 9.17) is 16.3 Å². The Morgan fingerprint density at radius 3 is 2.54 bits per heavy atom. The molecule has 1 heterocycles. The molecule has 2 aromatic carbocycles. The van der Waals surface area contributed by atoms with Crippen molar-refractivity contribution >= 4 is 17.5 Å². The lowest BCUT2D eigenvalue weighted by Crippen LogP contribution is -2.48. The van der Waals surface area contributed by atoms with Crippen LogP contribution in [-0.2, 0) is 6.54 Å². The van der Waals surface area contributed by atoms with E-state index in [0.29, 0.717) is 61.2 Å². The molecule has 1 fully saturated rings. The summed E-state index contributed by atoms with van der Waals surface area (Å²) in [7, 11) is 0. The molecule has 0 spiro atoms. The van der Waals surface area contributed by atoms with Crippen molar-refractivity contribution < 1.29 is 13.9 Å². The van der Waals surface area contributed by atoms with Crippen molar-refractivity contribution in [2.45, 2.75) is 13.5 Å². The molecule has 0 saturated carbocycles. The molecule has 0 aromatic heterocycles. The number of halogens is 2. The van der Waals surface area contributed by atoms with E-state index in [0.717, 1.165) is 0 Å². The van der Waals surface area contributed by atoms with Gasteiger partial charge in [-0.2, -0.15) is 0 Å². The molecule has 4 nitrogen and oxygen atoms in total. The molecule has 1 aliphatic rings. The van der Waals surface area contributed by atoms with Gasteiger partial charge in [-0.1, -0.05) is 29.8 Å². The van der Waals surface area contributed by atoms with Crippen LogP contribution >= 0.6 is 11.6 Å². The van der Waals surface area contributed by atoms with E-state index in [1.807, 2.05) is 30.0 Å². The maximum Gasteiger partial charge on any atom is 0.257 e. The molecule has 0 bridgehead atoms. The van der Waals surface area contributed by atoms with Crippen LogP contribution in [0.4, 0.5) is 4.39 Å². The Hall–Kier alpha value is -2.11. The molecular weight excluding hydrogens is 355 g/mol. The minimum atomic E-state index is -0.290. The van der Waals surface area contributed by atoms with Crippen LogP contribution in [0, 0.1) is 5.82 Å². The molecule has 138 valence electrons. The standard InChI is InChI=1S/C20H22ClFN2O2/c1-2-26-19-9-4-3-6-15(19)20(25)24-12-10-23(11-13-24)14-16-17(21)7-5-8-18(16)22/h3-9H,2,10-14H2,1H3. The minimum absolute atomic E-state index is 0.0300. The number of ether oxygens (including phenoxy) is 1. The summed E-state index contributed by atoms with van der Waals surface area (Å²) in [6.45, 7) is 5.38. The van der Waals surface area contributed by atoms with Crippen LogP contribution < -0.4 is 4.74 Å². The number of nitrogens with zero attached hydrogens (tertiary/aromatic N) is 2. The summed E-state index contributed by atoms with van der Waals surface area (Å²) in [5, 5.41) is 0.439. The van der Waals surface area contributed by atoms with Crippen LogP contribution in [0.5, 0.6) is 5.75 Å². The summed E-state index contributed by atoms with van der Waals surface area (Å²) in [6, 6.07) is 12.0. The van der Waals surface area contributed by atoms with E-state index in [1.165, 1.54) is 6.07 Å². The van der Waals surface area contributed by atoms with Crippen molar-refractivity contribution in [2.75, 3.05) is 32.8 Å². The van der Waals surface area contributed by atoms with E-state index in [2.05, 4.69) is 4.90 Å². The largest absolute Gasteiger partial charge is 0.493 e. The molecule has 1 amide bonds. The van der Waals surface area contributed by atoms with Gasteiger partial charge in [0.25, 0.3) is 5.91 Å². The zero-order chi connectivity index (χ0) is 18.5. The van der Waals surface area contributed by atoms with E-state index >= 15 is 0 Å². The van der Waals surface area contributed by atoms with Crippen LogP contribution in [0.1, 0.15) is 22.8 Å². The Balaban J connectivity index is 1.63. The van der Waals surface area contributed by atoms with Gasteiger partial charge in [-0.25, -0.2) is 4.39 Å². The van der Waals surface area contributed by atoms with Crippen LogP contribution in [0.2, 0.25) is 5.02 Å². The van der Waals surface area contributed by atoms with Gasteiger partial charge in [-0.3, -0.25) is 9.69 Å². The quantitative estimate of drug-likeness (QED) is 0.795. The van der Waals surface area contributed by atoms with Crippen LogP contribution in [0.25, 0.3) is 0 Å². The fraction of sp³-hybridized carbons (Fsp3) is 0.350. The highest BCUT2D eigenvalue weighted by Crippen LogP contribution is 2.23. The zero-order valence-corrected chi connectivity index (χ0v) is 15.5. The number of benzene rings is 2. The Morgan fingerprint density at radius 2 is 1.85 bits per heavy atom. The van der Waals surface area contributed by atoms with Gasteiger partial charge in [0.05, 0.1) is 12.2 Å².